The predicted octanol–water partition coefficient (Wildman–Crippen LogP) is 3.89. The minimum absolute atomic E-state index is 0.334. The molecule has 1 aromatic carbocycles. The Morgan fingerprint density at radius 3 is 2.37 bits per heavy atom. The molecular weight excluding hydrogens is 340 g/mol. The van der Waals surface area contributed by atoms with Crippen LogP contribution in [0.5, 0.6) is 0 Å². The highest BCUT2D eigenvalue weighted by Gasteiger charge is 2.26. The van der Waals surface area contributed by atoms with Crippen molar-refractivity contribution in [2.45, 2.75) is 53.7 Å². The summed E-state index contributed by atoms with van der Waals surface area (Å²) < 4.78 is 9.79. The maximum absolute atomic E-state index is 12.9. The summed E-state index contributed by atoms with van der Waals surface area (Å²) in [6, 6.07) is 8.13. The first-order chi connectivity index (χ1) is 12.8. The highest BCUT2D eigenvalue weighted by molar-refractivity contribution is 5.94. The van der Waals surface area contributed by atoms with Crippen LogP contribution in [0, 0.1) is 6.92 Å². The lowest BCUT2D eigenvalue weighted by Crippen LogP contribution is -2.27. The molecule has 0 unspecified atom stereocenters. The van der Waals surface area contributed by atoms with Crippen molar-refractivity contribution < 1.29 is 9.53 Å². The van der Waals surface area contributed by atoms with Gasteiger partial charge in [0.05, 0.1) is 16.7 Å². The third kappa shape index (κ3) is 3.72. The van der Waals surface area contributed by atoms with Crippen LogP contribution in [-0.2, 0) is 11.3 Å². The number of carbonyl (C=O) groups is 1. The standard InChI is InChI=1S/C21H30N4O2/c1-7-23(8-2)13-14-24-16-11-9-10-12-17(16)25-18(15(3)22-20(24)25)19(26)27-21(4,5)6/h9-12H,7-8,13-14H2,1-6H3. The number of esters is 1. The second-order valence-corrected chi connectivity index (χ2v) is 7.85. The first-order valence-electron chi connectivity index (χ1n) is 9.68. The largest absolute Gasteiger partial charge is 0.455 e. The molecule has 0 radical (unpaired) electrons. The molecule has 27 heavy (non-hydrogen) atoms. The number of fused-ring (bicyclic) bond motifs is 3. The summed E-state index contributed by atoms with van der Waals surface area (Å²) in [6.07, 6.45) is 0. The van der Waals surface area contributed by atoms with Gasteiger partial charge in [0, 0.05) is 13.1 Å². The molecule has 0 spiro atoms. The number of para-hydroxylation sites is 2. The van der Waals surface area contributed by atoms with Crippen LogP contribution >= 0.6 is 0 Å². The van der Waals surface area contributed by atoms with Gasteiger partial charge < -0.3 is 14.2 Å². The number of aromatic nitrogens is 3. The Labute approximate surface area is 160 Å². The molecule has 0 aliphatic rings. The smallest absolute Gasteiger partial charge is 0.357 e. The number of hydrogen-bond donors (Lipinski definition) is 0. The second-order valence-electron chi connectivity index (χ2n) is 7.85. The molecule has 2 aromatic heterocycles. The lowest BCUT2D eigenvalue weighted by atomic mass is 10.2. The van der Waals surface area contributed by atoms with E-state index in [0.29, 0.717) is 11.4 Å². The van der Waals surface area contributed by atoms with Crippen molar-refractivity contribution in [3.63, 3.8) is 0 Å². The van der Waals surface area contributed by atoms with E-state index in [4.69, 9.17) is 9.72 Å². The van der Waals surface area contributed by atoms with Gasteiger partial charge in [0.2, 0.25) is 5.78 Å². The SMILES string of the molecule is CCN(CC)CCn1c2ccccc2n2c(C(=O)OC(C)(C)C)c(C)nc12. The van der Waals surface area contributed by atoms with Gasteiger partial charge in [-0.05, 0) is 52.9 Å². The molecule has 146 valence electrons. The van der Waals surface area contributed by atoms with E-state index in [1.807, 2.05) is 50.3 Å². The molecule has 0 saturated heterocycles. The average Bonchev–Trinajstić information content (AvgIpc) is 3.08. The van der Waals surface area contributed by atoms with E-state index in [0.717, 1.165) is 43.0 Å². The molecule has 3 aromatic rings. The van der Waals surface area contributed by atoms with Gasteiger partial charge in [-0.1, -0.05) is 26.0 Å². The Bertz CT molecular complexity index is 958. The van der Waals surface area contributed by atoms with Gasteiger partial charge in [-0.2, -0.15) is 0 Å². The fourth-order valence-corrected chi connectivity index (χ4v) is 3.48. The van der Waals surface area contributed by atoms with Crippen LogP contribution in [0.3, 0.4) is 0 Å². The van der Waals surface area contributed by atoms with Crippen molar-refractivity contribution in [1.29, 1.82) is 0 Å². The summed E-state index contributed by atoms with van der Waals surface area (Å²) in [5.41, 5.74) is 2.72. The molecule has 3 rings (SSSR count). The minimum atomic E-state index is -0.547. The predicted molar refractivity (Wildman–Crippen MR) is 108 cm³/mol. The number of likely N-dealkylation sites (N-methyl/N-ethyl adjacent to an activating group) is 1. The number of ether oxygens (including phenoxy) is 1. The van der Waals surface area contributed by atoms with E-state index in [1.54, 1.807) is 0 Å². The van der Waals surface area contributed by atoms with Crippen LogP contribution < -0.4 is 0 Å². The second kappa shape index (κ2) is 7.35. The Morgan fingerprint density at radius 1 is 1.15 bits per heavy atom. The van der Waals surface area contributed by atoms with Crippen LogP contribution in [0.1, 0.15) is 50.8 Å². The number of aryl methyl sites for hydroxylation is 1. The van der Waals surface area contributed by atoms with Crippen molar-refractivity contribution in [2.75, 3.05) is 19.6 Å². The third-order valence-electron chi connectivity index (χ3n) is 4.82. The lowest BCUT2D eigenvalue weighted by molar-refractivity contribution is 0.00613. The first kappa shape index (κ1) is 19.4. The number of benzene rings is 1. The first-order valence-corrected chi connectivity index (χ1v) is 9.68. The lowest BCUT2D eigenvalue weighted by Gasteiger charge is -2.19. The Morgan fingerprint density at radius 2 is 1.78 bits per heavy atom. The summed E-state index contributed by atoms with van der Waals surface area (Å²) in [7, 11) is 0. The zero-order chi connectivity index (χ0) is 19.8. The number of carbonyl (C=O) groups excluding carboxylic acids is 1. The van der Waals surface area contributed by atoms with Gasteiger partial charge in [-0.15, -0.1) is 0 Å². The molecule has 0 aliphatic heterocycles. The molecule has 0 aliphatic carbocycles. The van der Waals surface area contributed by atoms with E-state index in [9.17, 15) is 4.79 Å². The van der Waals surface area contributed by atoms with Gasteiger partial charge in [0.25, 0.3) is 0 Å². The number of nitrogens with zero attached hydrogens (tertiary/aromatic N) is 4. The summed E-state index contributed by atoms with van der Waals surface area (Å²) in [4.78, 5) is 20.0. The molecule has 0 fully saturated rings. The molecule has 0 atom stereocenters. The summed E-state index contributed by atoms with van der Waals surface area (Å²) in [5.74, 6) is 0.459. The highest BCUT2D eigenvalue weighted by Crippen LogP contribution is 2.26. The third-order valence-corrected chi connectivity index (χ3v) is 4.82. The van der Waals surface area contributed by atoms with Gasteiger partial charge in [0.15, 0.2) is 5.69 Å². The molecule has 2 heterocycles. The van der Waals surface area contributed by atoms with Crippen LogP contribution in [0.2, 0.25) is 0 Å². The van der Waals surface area contributed by atoms with E-state index >= 15 is 0 Å². The van der Waals surface area contributed by atoms with Crippen LogP contribution in [0.15, 0.2) is 24.3 Å². The fourth-order valence-electron chi connectivity index (χ4n) is 3.48. The topological polar surface area (TPSA) is 51.8 Å². The zero-order valence-electron chi connectivity index (χ0n) is 17.2. The highest BCUT2D eigenvalue weighted by atomic mass is 16.6. The van der Waals surface area contributed by atoms with Crippen LogP contribution in [-0.4, -0.2) is 50.1 Å². The van der Waals surface area contributed by atoms with Crippen molar-refractivity contribution >= 4 is 22.8 Å². The van der Waals surface area contributed by atoms with Crippen molar-refractivity contribution in [1.82, 2.24) is 18.9 Å². The minimum Gasteiger partial charge on any atom is -0.455 e. The number of imidazole rings is 2. The maximum atomic E-state index is 12.9. The number of rotatable bonds is 6. The van der Waals surface area contributed by atoms with Gasteiger partial charge in [-0.3, -0.25) is 4.40 Å². The zero-order valence-corrected chi connectivity index (χ0v) is 17.2. The quantitative estimate of drug-likeness (QED) is 0.618. The average molecular weight is 370 g/mol. The Hall–Kier alpha value is -2.34. The van der Waals surface area contributed by atoms with E-state index in [2.05, 4.69) is 29.4 Å². The van der Waals surface area contributed by atoms with Crippen LogP contribution in [0.25, 0.3) is 16.8 Å². The summed E-state index contributed by atoms with van der Waals surface area (Å²) >= 11 is 0. The maximum Gasteiger partial charge on any atom is 0.357 e. The molecule has 6 nitrogen and oxygen atoms in total. The Kier molecular flexibility index (Phi) is 5.29. The molecule has 0 amide bonds. The molecule has 0 N–H and O–H groups in total. The van der Waals surface area contributed by atoms with E-state index < -0.39 is 5.60 Å². The summed E-state index contributed by atoms with van der Waals surface area (Å²) in [6.45, 7) is 15.7. The van der Waals surface area contributed by atoms with Crippen LogP contribution in [0.4, 0.5) is 0 Å². The molecule has 6 heteroatoms. The Balaban J connectivity index is 2.14. The number of hydrogen-bond acceptors (Lipinski definition) is 4. The fraction of sp³-hybridized carbons (Fsp3) is 0.524. The van der Waals surface area contributed by atoms with Crippen molar-refractivity contribution in [2.24, 2.45) is 0 Å². The van der Waals surface area contributed by atoms with E-state index in [-0.39, 0.29) is 5.97 Å². The molecular formula is C21H30N4O2. The van der Waals surface area contributed by atoms with Gasteiger partial charge >= 0.3 is 5.97 Å². The van der Waals surface area contributed by atoms with Crippen molar-refractivity contribution in [3.05, 3.63) is 35.7 Å². The van der Waals surface area contributed by atoms with Gasteiger partial charge in [0.1, 0.15) is 5.60 Å². The normalized spacial score (nSPS) is 12.4. The molecule has 0 bridgehead atoms. The summed E-state index contributed by atoms with van der Waals surface area (Å²) in [5, 5.41) is 0. The van der Waals surface area contributed by atoms with E-state index in [1.165, 1.54) is 0 Å². The monoisotopic (exact) mass is 370 g/mol. The van der Waals surface area contributed by atoms with Crippen molar-refractivity contribution in [3.8, 4) is 0 Å². The van der Waals surface area contributed by atoms with Gasteiger partial charge in [-0.25, -0.2) is 9.78 Å². The molecule has 0 saturated carbocycles.